The van der Waals surface area contributed by atoms with E-state index >= 15 is 0 Å². The van der Waals surface area contributed by atoms with Crippen molar-refractivity contribution in [2.24, 2.45) is 10.4 Å². The molecule has 2 nitrogen and oxygen atoms in total. The molecule has 0 unspecified atom stereocenters. The smallest absolute Gasteiger partial charge is 0.134 e. The van der Waals surface area contributed by atoms with Crippen LogP contribution in [0.25, 0.3) is 0 Å². The van der Waals surface area contributed by atoms with Crippen LogP contribution in [0, 0.1) is 5.41 Å². The van der Waals surface area contributed by atoms with Crippen LogP contribution in [-0.2, 0) is 0 Å². The van der Waals surface area contributed by atoms with E-state index in [9.17, 15) is 5.11 Å². The summed E-state index contributed by atoms with van der Waals surface area (Å²) in [4.78, 5) is 4.16. The summed E-state index contributed by atoms with van der Waals surface area (Å²) in [5.74, 6) is 0.354. The van der Waals surface area contributed by atoms with E-state index in [0.717, 1.165) is 5.71 Å². The van der Waals surface area contributed by atoms with Crippen LogP contribution in [-0.4, -0.2) is 17.4 Å². The minimum atomic E-state index is -0.0168. The molecule has 1 aliphatic heterocycles. The van der Waals surface area contributed by atoms with E-state index < -0.39 is 0 Å². The van der Waals surface area contributed by atoms with Gasteiger partial charge in [0.2, 0.25) is 0 Å². The number of aliphatic hydroxyl groups excluding tert-OH is 1. The van der Waals surface area contributed by atoms with Gasteiger partial charge >= 0.3 is 0 Å². The number of aliphatic hydroxyl groups is 1. The highest BCUT2D eigenvalue weighted by atomic mass is 16.3. The summed E-state index contributed by atoms with van der Waals surface area (Å²) in [6, 6.07) is 0. The molecule has 0 bridgehead atoms. The third-order valence-corrected chi connectivity index (χ3v) is 1.49. The Balaban J connectivity index is 2.85. The number of hydrogen-bond acceptors (Lipinski definition) is 2. The summed E-state index contributed by atoms with van der Waals surface area (Å²) >= 11 is 0. The van der Waals surface area contributed by atoms with E-state index in [4.69, 9.17) is 0 Å². The van der Waals surface area contributed by atoms with Crippen LogP contribution in [0.2, 0.25) is 0 Å². The van der Waals surface area contributed by atoms with Gasteiger partial charge in [0.05, 0.1) is 12.3 Å². The molecule has 0 atom stereocenters. The van der Waals surface area contributed by atoms with Gasteiger partial charge in [0.15, 0.2) is 0 Å². The first kappa shape index (κ1) is 7.32. The zero-order chi connectivity index (χ0) is 7.78. The van der Waals surface area contributed by atoms with Gasteiger partial charge < -0.3 is 5.11 Å². The summed E-state index contributed by atoms with van der Waals surface area (Å²) < 4.78 is 0. The van der Waals surface area contributed by atoms with Crippen LogP contribution in [0.15, 0.2) is 16.8 Å². The lowest BCUT2D eigenvalue weighted by molar-refractivity contribution is 0.428. The second-order valence-corrected chi connectivity index (χ2v) is 3.53. The Morgan fingerprint density at radius 1 is 1.50 bits per heavy atom. The Hall–Kier alpha value is -0.790. The zero-order valence-corrected chi connectivity index (χ0v) is 6.68. The van der Waals surface area contributed by atoms with E-state index in [1.54, 1.807) is 6.08 Å². The lowest BCUT2D eigenvalue weighted by Crippen LogP contribution is -2.20. The number of allylic oxidation sites excluding steroid dienone is 1. The predicted molar refractivity (Wildman–Crippen MR) is 42.5 cm³/mol. The first-order valence-electron chi connectivity index (χ1n) is 3.46. The monoisotopic (exact) mass is 139 g/mol. The first-order chi connectivity index (χ1) is 4.52. The first-order valence-corrected chi connectivity index (χ1v) is 3.46. The van der Waals surface area contributed by atoms with E-state index in [0.29, 0.717) is 12.3 Å². The largest absolute Gasteiger partial charge is 0.506 e. The summed E-state index contributed by atoms with van der Waals surface area (Å²) in [5, 5.41) is 9.25. The molecule has 1 rings (SSSR count). The van der Waals surface area contributed by atoms with Crippen molar-refractivity contribution in [2.45, 2.75) is 20.8 Å². The van der Waals surface area contributed by atoms with Crippen molar-refractivity contribution < 1.29 is 5.11 Å². The number of aliphatic imine (C=N–C) groups is 1. The molecule has 0 aliphatic carbocycles. The van der Waals surface area contributed by atoms with E-state index in [-0.39, 0.29) is 5.41 Å². The van der Waals surface area contributed by atoms with Crippen LogP contribution in [0.4, 0.5) is 0 Å². The Morgan fingerprint density at radius 3 is 2.30 bits per heavy atom. The fraction of sp³-hybridized carbons (Fsp3) is 0.625. The molecule has 56 valence electrons. The maximum absolute atomic E-state index is 9.25. The summed E-state index contributed by atoms with van der Waals surface area (Å²) in [6.45, 7) is 6.77. The van der Waals surface area contributed by atoms with Crippen molar-refractivity contribution in [3.63, 3.8) is 0 Å². The molecule has 0 fully saturated rings. The highest BCUT2D eigenvalue weighted by Crippen LogP contribution is 2.22. The van der Waals surface area contributed by atoms with Crippen molar-refractivity contribution >= 4 is 5.71 Å². The second kappa shape index (κ2) is 2.11. The van der Waals surface area contributed by atoms with Gasteiger partial charge in [-0.15, -0.1) is 0 Å². The third kappa shape index (κ3) is 1.20. The van der Waals surface area contributed by atoms with Crippen LogP contribution in [0.1, 0.15) is 20.8 Å². The van der Waals surface area contributed by atoms with Gasteiger partial charge in [-0.2, -0.15) is 0 Å². The zero-order valence-electron chi connectivity index (χ0n) is 6.68. The molecule has 0 radical (unpaired) electrons. The molecule has 1 heterocycles. The predicted octanol–water partition coefficient (Wildman–Crippen LogP) is 1.93. The Morgan fingerprint density at radius 2 is 2.10 bits per heavy atom. The summed E-state index contributed by atoms with van der Waals surface area (Å²) in [7, 11) is 0. The van der Waals surface area contributed by atoms with Crippen molar-refractivity contribution in [1.82, 2.24) is 0 Å². The number of hydrogen-bond donors (Lipinski definition) is 1. The molecule has 2 heteroatoms. The summed E-state index contributed by atoms with van der Waals surface area (Å²) in [5.41, 5.74) is 0.810. The fourth-order valence-electron chi connectivity index (χ4n) is 1.02. The molecule has 0 saturated carbocycles. The van der Waals surface area contributed by atoms with Gasteiger partial charge in [-0.05, 0) is 6.08 Å². The van der Waals surface area contributed by atoms with Crippen LogP contribution >= 0.6 is 0 Å². The van der Waals surface area contributed by atoms with Crippen molar-refractivity contribution in [1.29, 1.82) is 0 Å². The molecule has 0 spiro atoms. The van der Waals surface area contributed by atoms with Crippen molar-refractivity contribution in [3.8, 4) is 0 Å². The normalized spacial score (nSPS) is 18.7. The molecule has 0 aromatic carbocycles. The van der Waals surface area contributed by atoms with Crippen molar-refractivity contribution in [3.05, 3.63) is 11.8 Å². The van der Waals surface area contributed by atoms with Gasteiger partial charge in [0, 0.05) is 5.41 Å². The molecule has 0 aromatic rings. The maximum atomic E-state index is 9.25. The van der Waals surface area contributed by atoms with E-state index in [1.807, 2.05) is 20.8 Å². The highest BCUT2D eigenvalue weighted by molar-refractivity contribution is 6.03. The highest BCUT2D eigenvalue weighted by Gasteiger charge is 2.24. The Kier molecular flexibility index (Phi) is 1.55. The SMILES string of the molecule is CC(C)(C)C1=NCC=C1O. The maximum Gasteiger partial charge on any atom is 0.134 e. The van der Waals surface area contributed by atoms with Gasteiger partial charge in [0.25, 0.3) is 0 Å². The van der Waals surface area contributed by atoms with Crippen LogP contribution in [0.5, 0.6) is 0 Å². The molecular weight excluding hydrogens is 126 g/mol. The minimum absolute atomic E-state index is 0.0168. The third-order valence-electron chi connectivity index (χ3n) is 1.49. The van der Waals surface area contributed by atoms with E-state index in [1.165, 1.54) is 0 Å². The standard InChI is InChI=1S/C8H13NO/c1-8(2,3)7-6(10)4-5-9-7/h4,10H,5H2,1-3H3. The average Bonchev–Trinajstić information content (AvgIpc) is 2.11. The van der Waals surface area contributed by atoms with Gasteiger partial charge in [-0.1, -0.05) is 20.8 Å². The Bertz CT molecular complexity index is 196. The van der Waals surface area contributed by atoms with Gasteiger partial charge in [0.1, 0.15) is 5.76 Å². The topological polar surface area (TPSA) is 32.6 Å². The number of rotatable bonds is 0. The lowest BCUT2D eigenvalue weighted by atomic mass is 9.89. The molecule has 0 aromatic heterocycles. The van der Waals surface area contributed by atoms with Crippen molar-refractivity contribution in [2.75, 3.05) is 6.54 Å². The Labute approximate surface area is 61.3 Å². The minimum Gasteiger partial charge on any atom is -0.506 e. The molecule has 10 heavy (non-hydrogen) atoms. The van der Waals surface area contributed by atoms with Crippen LogP contribution < -0.4 is 0 Å². The lowest BCUT2D eigenvalue weighted by Gasteiger charge is -2.17. The fourth-order valence-corrected chi connectivity index (χ4v) is 1.02. The number of nitrogens with zero attached hydrogens (tertiary/aromatic N) is 1. The molecular formula is C8H13NO. The summed E-state index contributed by atoms with van der Waals surface area (Å²) in [6.07, 6.45) is 1.74. The molecule has 0 amide bonds. The molecule has 0 saturated heterocycles. The molecule has 1 aliphatic rings. The van der Waals surface area contributed by atoms with Gasteiger partial charge in [-0.25, -0.2) is 0 Å². The molecule has 1 N–H and O–H groups in total. The second-order valence-electron chi connectivity index (χ2n) is 3.53. The van der Waals surface area contributed by atoms with Crippen LogP contribution in [0.3, 0.4) is 0 Å². The van der Waals surface area contributed by atoms with E-state index in [2.05, 4.69) is 4.99 Å². The quantitative estimate of drug-likeness (QED) is 0.546. The van der Waals surface area contributed by atoms with Gasteiger partial charge in [-0.3, -0.25) is 4.99 Å². The average molecular weight is 139 g/mol.